The average Bonchev–Trinajstić information content (AvgIpc) is 1.52. The molecule has 25 rings (SSSR count). The minimum absolute atomic E-state index is 0.0388. The van der Waals surface area contributed by atoms with Gasteiger partial charge in [-0.25, -0.2) is 0 Å². The summed E-state index contributed by atoms with van der Waals surface area (Å²) < 4.78 is 21.5. The number of allylic oxidation sites excluding steroid dienone is 6. The molecule has 0 radical (unpaired) electrons. The number of nitrogens with zero attached hydrogens (tertiary/aromatic N) is 1. The maximum Gasteiger partial charge on any atom is 0.144 e. The second kappa shape index (κ2) is 28.9. The van der Waals surface area contributed by atoms with Gasteiger partial charge in [0, 0.05) is 92.9 Å². The number of para-hydroxylation sites is 3. The summed E-state index contributed by atoms with van der Waals surface area (Å²) in [7, 11) is 0. The molecule has 0 bridgehead atoms. The predicted octanol–water partition coefficient (Wildman–Crippen LogP) is 35.4. The summed E-state index contributed by atoms with van der Waals surface area (Å²) in [6, 6.07) is 98.0. The first-order chi connectivity index (χ1) is 63.2. The number of hydrogen-bond acceptors (Lipinski definition) is 4. The number of anilines is 2. The summed E-state index contributed by atoms with van der Waals surface area (Å²) in [4.78, 5) is 2.73. The quantitative estimate of drug-likeness (QED) is 0.0757. The van der Waals surface area contributed by atoms with Crippen LogP contribution in [0.5, 0.6) is 0 Å². The van der Waals surface area contributed by atoms with Crippen LogP contribution in [0.1, 0.15) is 257 Å². The van der Waals surface area contributed by atoms with Crippen LogP contribution in [0.15, 0.2) is 298 Å². The van der Waals surface area contributed by atoms with Gasteiger partial charge in [-0.1, -0.05) is 354 Å². The summed E-state index contributed by atoms with van der Waals surface area (Å²) in [5.74, 6) is 0. The van der Waals surface area contributed by atoms with Gasteiger partial charge in [0.05, 0.1) is 6.04 Å². The standard InChI is InChI=1S/C126H113NO3/c1-13-15-17-19-34-64-126(65-35-20-18-16-14-2)97-44-30-24-38-83(97)86-60-54-79(68-103(86)126)78-53-59-85-84-58-52-77(66-98(84)121(3,4)99(85)67-78)74-48-50-76(51-49-74)95-73-105-110(113-92-41-27-32-46-107(92)129-119(95)113)89-62-56-81(70-101(89)123(105,7)8)127(80-55-61-88-100(69-80)122(5,6)104-72-94(75-36-22-21-23-37-75)118-112(109(88)104)91-40-26-31-45-106(91)128-118)82-57-63-90-102(71-82)125(11,12)116-111(90)114-93-42-28-33-47-108(93)130-120(114)115-87-39-25-29-43-96(87)124(9,10)117(115)116/h21-33,36-48,50,52-55,57-63,66-73,81H,13-20,34-35,49,51,56,64-65H2,1-12H3. The minimum Gasteiger partial charge on any atom is -0.455 e. The Morgan fingerprint density at radius 2 is 0.746 bits per heavy atom. The van der Waals surface area contributed by atoms with E-state index in [1.165, 1.54) is 271 Å². The van der Waals surface area contributed by atoms with Gasteiger partial charge in [0.1, 0.15) is 33.5 Å². The molecule has 4 heteroatoms. The van der Waals surface area contributed by atoms with Crippen LogP contribution in [0, 0.1) is 0 Å². The molecule has 8 aliphatic carbocycles. The van der Waals surface area contributed by atoms with Crippen LogP contribution in [-0.4, -0.2) is 6.04 Å². The molecule has 0 amide bonds. The predicted molar refractivity (Wildman–Crippen MR) is 547 cm³/mol. The van der Waals surface area contributed by atoms with Crippen molar-refractivity contribution in [2.24, 2.45) is 0 Å². The summed E-state index contributed by atoms with van der Waals surface area (Å²) in [5.41, 5.74) is 49.4. The lowest BCUT2D eigenvalue weighted by Gasteiger charge is -2.37. The third-order valence-electron chi connectivity index (χ3n) is 33.2. The normalized spacial score (nSPS) is 17.5. The zero-order chi connectivity index (χ0) is 88.0. The molecular weight excluding hydrogens is 1580 g/mol. The first-order valence-electron chi connectivity index (χ1n) is 48.8. The van der Waals surface area contributed by atoms with E-state index in [0.717, 1.165) is 69.3 Å². The Hall–Kier alpha value is -12.8. The zero-order valence-electron chi connectivity index (χ0n) is 77.4. The molecular formula is C126H113NO3. The molecule has 0 spiro atoms. The monoisotopic (exact) mass is 1690 g/mol. The fourth-order valence-corrected chi connectivity index (χ4v) is 26.6. The molecule has 3 heterocycles. The molecule has 130 heavy (non-hydrogen) atoms. The Morgan fingerprint density at radius 1 is 0.308 bits per heavy atom. The topological polar surface area (TPSA) is 42.7 Å². The molecule has 17 aromatic rings. The van der Waals surface area contributed by atoms with Crippen molar-refractivity contribution >= 4 is 93.9 Å². The number of benzene rings is 14. The second-order valence-electron chi connectivity index (χ2n) is 42.1. The van der Waals surface area contributed by atoms with Crippen LogP contribution in [-0.2, 0) is 32.5 Å². The van der Waals surface area contributed by atoms with Gasteiger partial charge in [-0.05, 0) is 266 Å². The molecule has 3 aromatic heterocycles. The van der Waals surface area contributed by atoms with Gasteiger partial charge in [-0.15, -0.1) is 0 Å². The molecule has 0 aliphatic heterocycles. The van der Waals surface area contributed by atoms with E-state index >= 15 is 0 Å². The molecule has 14 aromatic carbocycles. The Bertz CT molecular complexity index is 7870. The summed E-state index contributed by atoms with van der Waals surface area (Å²) in [6.45, 7) is 29.4. The number of furan rings is 3. The fraction of sp³-hybridized carbons (Fsp3) is 0.270. The van der Waals surface area contributed by atoms with E-state index in [9.17, 15) is 0 Å². The van der Waals surface area contributed by atoms with Gasteiger partial charge in [0.2, 0.25) is 0 Å². The van der Waals surface area contributed by atoms with Gasteiger partial charge in [0.25, 0.3) is 0 Å². The van der Waals surface area contributed by atoms with Crippen molar-refractivity contribution < 1.29 is 13.3 Å². The highest BCUT2D eigenvalue weighted by Crippen LogP contribution is 2.67. The van der Waals surface area contributed by atoms with Gasteiger partial charge in [0.15, 0.2) is 0 Å². The van der Waals surface area contributed by atoms with Crippen molar-refractivity contribution in [2.45, 2.75) is 218 Å². The molecule has 1 atom stereocenters. The number of unbranched alkanes of at least 4 members (excludes halogenated alkanes) is 8. The summed E-state index contributed by atoms with van der Waals surface area (Å²) in [5, 5.41) is 7.12. The lowest BCUT2D eigenvalue weighted by atomic mass is 9.70. The lowest BCUT2D eigenvalue weighted by molar-refractivity contribution is 0.399. The van der Waals surface area contributed by atoms with Gasteiger partial charge in [-0.2, -0.15) is 0 Å². The van der Waals surface area contributed by atoms with Crippen LogP contribution in [0.2, 0.25) is 0 Å². The number of hydrogen-bond donors (Lipinski definition) is 0. The highest BCUT2D eigenvalue weighted by molar-refractivity contribution is 6.23. The third-order valence-corrected chi connectivity index (χ3v) is 33.2. The molecule has 0 saturated heterocycles. The lowest BCUT2D eigenvalue weighted by Crippen LogP contribution is -2.33. The van der Waals surface area contributed by atoms with Gasteiger partial charge < -0.3 is 18.2 Å². The number of rotatable bonds is 19. The largest absolute Gasteiger partial charge is 0.455 e. The van der Waals surface area contributed by atoms with E-state index in [1.807, 2.05) is 0 Å². The van der Waals surface area contributed by atoms with E-state index in [2.05, 4.69) is 367 Å². The van der Waals surface area contributed by atoms with E-state index in [4.69, 9.17) is 13.3 Å². The van der Waals surface area contributed by atoms with Crippen LogP contribution in [0.4, 0.5) is 11.4 Å². The molecule has 1 unspecified atom stereocenters. The first-order valence-corrected chi connectivity index (χ1v) is 48.8. The van der Waals surface area contributed by atoms with E-state index in [0.29, 0.717) is 0 Å². The van der Waals surface area contributed by atoms with Crippen molar-refractivity contribution in [3.05, 3.63) is 363 Å². The van der Waals surface area contributed by atoms with Crippen molar-refractivity contribution in [1.29, 1.82) is 0 Å². The molecule has 0 fully saturated rings. The van der Waals surface area contributed by atoms with Gasteiger partial charge in [-0.3, -0.25) is 0 Å². The molecule has 0 N–H and O–H groups in total. The van der Waals surface area contributed by atoms with Crippen LogP contribution in [0.3, 0.4) is 0 Å². The Labute approximate surface area is 765 Å². The van der Waals surface area contributed by atoms with Crippen LogP contribution >= 0.6 is 0 Å². The van der Waals surface area contributed by atoms with Crippen molar-refractivity contribution in [3.8, 4) is 77.9 Å². The summed E-state index contributed by atoms with van der Waals surface area (Å²) >= 11 is 0. The molecule has 640 valence electrons. The maximum atomic E-state index is 7.32. The van der Waals surface area contributed by atoms with Crippen LogP contribution < -0.4 is 4.90 Å². The Balaban J connectivity index is 0.585. The second-order valence-corrected chi connectivity index (χ2v) is 42.1. The van der Waals surface area contributed by atoms with E-state index < -0.39 is 5.41 Å². The molecule has 0 saturated carbocycles. The first kappa shape index (κ1) is 79.4. The van der Waals surface area contributed by atoms with E-state index in [1.54, 1.807) is 11.1 Å². The van der Waals surface area contributed by atoms with E-state index in [-0.39, 0.29) is 33.1 Å². The zero-order valence-corrected chi connectivity index (χ0v) is 77.4. The Kier molecular flexibility index (Phi) is 17.6. The SMILES string of the molecule is CCCCCCCC1(CCCCCCC)c2ccccc2-c2ccc(-c3ccc4c(c3)C(C)(C)c3cc(C5=CC=C(c6cc7c(c8c6oc6ccccc68)C6=CCC(N(c8ccc9c(c8)C(C)(C)c8cc(-c%10ccccc%10)c%10oc%11ccccc%11c%10c8-9)c8ccc9c(c8)C(C)(C)c8c%10c(c%11oc%12ccccc%12c%11c8-9)-c8ccccc8C%10(C)C)C=C6C7(C)C)CC5)ccc3-4)cc21. The van der Waals surface area contributed by atoms with Crippen LogP contribution in [0.25, 0.3) is 160 Å². The minimum atomic E-state index is -0.403. The number of fused-ring (bicyclic) bond motifs is 32. The summed E-state index contributed by atoms with van der Waals surface area (Å²) in [6.07, 6.45) is 28.3. The van der Waals surface area contributed by atoms with Crippen molar-refractivity contribution in [1.82, 2.24) is 0 Å². The maximum absolute atomic E-state index is 7.32. The highest BCUT2D eigenvalue weighted by Gasteiger charge is 2.52. The van der Waals surface area contributed by atoms with Crippen molar-refractivity contribution in [3.63, 3.8) is 0 Å². The van der Waals surface area contributed by atoms with Gasteiger partial charge >= 0.3 is 0 Å². The van der Waals surface area contributed by atoms with Crippen molar-refractivity contribution in [2.75, 3.05) is 4.90 Å². The molecule has 4 nitrogen and oxygen atoms in total. The third kappa shape index (κ3) is 11.2. The average molecular weight is 1690 g/mol. The Morgan fingerprint density at radius 3 is 1.38 bits per heavy atom. The highest BCUT2D eigenvalue weighted by atomic mass is 16.3. The molecule has 8 aliphatic rings. The smallest absolute Gasteiger partial charge is 0.144 e. The fourth-order valence-electron chi connectivity index (χ4n) is 26.6.